The fourth-order valence-electron chi connectivity index (χ4n) is 2.29. The van der Waals surface area contributed by atoms with Crippen LogP contribution >= 0.6 is 0 Å². The van der Waals surface area contributed by atoms with Crippen LogP contribution in [0.4, 0.5) is 0 Å². The van der Waals surface area contributed by atoms with E-state index in [4.69, 9.17) is 4.74 Å². The summed E-state index contributed by atoms with van der Waals surface area (Å²) in [4.78, 5) is 21.8. The Morgan fingerprint density at radius 3 is 2.24 bits per heavy atom. The summed E-state index contributed by atoms with van der Waals surface area (Å²) in [7, 11) is 0. The molecule has 2 atom stereocenters. The Morgan fingerprint density at radius 2 is 1.88 bits per heavy atom. The number of allylic oxidation sites excluding steroid dienone is 1. The van der Waals surface area contributed by atoms with E-state index >= 15 is 0 Å². The lowest BCUT2D eigenvalue weighted by atomic mass is 9.95. The van der Waals surface area contributed by atoms with Gasteiger partial charge in [0, 0.05) is 5.41 Å². The maximum atomic E-state index is 11.5. The molecular weight excluding hydrogens is 220 g/mol. The summed E-state index contributed by atoms with van der Waals surface area (Å²) in [6, 6.07) is 0. The summed E-state index contributed by atoms with van der Waals surface area (Å²) in [6.45, 7) is 9.34. The van der Waals surface area contributed by atoms with Crippen LogP contribution in [-0.4, -0.2) is 29.1 Å². The lowest BCUT2D eigenvalue weighted by molar-refractivity contribution is -0.144. The molecule has 4 heteroatoms. The number of aliphatic carboxylic acids is 1. The Bertz CT molecular complexity index is 362. The van der Waals surface area contributed by atoms with E-state index in [0.717, 1.165) is 0 Å². The smallest absolute Gasteiger partial charge is 0.316 e. The topological polar surface area (TPSA) is 63.6 Å². The Labute approximate surface area is 102 Å². The predicted octanol–water partition coefficient (Wildman–Crippen LogP) is 2.04. The molecule has 0 radical (unpaired) electrons. The highest BCUT2D eigenvalue weighted by atomic mass is 16.5. The standard InChI is InChI=1S/C13H20O4/c1-11(2,3)17-9-12(4,5)13(9,10(15)16)7-6-8-14/h6-9H,1-5H3,(H,15,16)/b7-6-/t9-,13+/m1/s1. The second-order valence-electron chi connectivity index (χ2n) is 6.00. The van der Waals surface area contributed by atoms with Crippen molar-refractivity contribution < 1.29 is 19.4 Å². The van der Waals surface area contributed by atoms with Crippen LogP contribution in [0.5, 0.6) is 0 Å². The largest absolute Gasteiger partial charge is 0.481 e. The first kappa shape index (κ1) is 13.9. The van der Waals surface area contributed by atoms with Crippen molar-refractivity contribution in [3.63, 3.8) is 0 Å². The molecule has 1 rings (SSSR count). The van der Waals surface area contributed by atoms with Gasteiger partial charge in [0.2, 0.25) is 0 Å². The zero-order chi connectivity index (χ0) is 13.5. The van der Waals surface area contributed by atoms with Gasteiger partial charge in [-0.1, -0.05) is 19.9 Å². The first-order valence-corrected chi connectivity index (χ1v) is 5.64. The van der Waals surface area contributed by atoms with E-state index in [2.05, 4.69) is 0 Å². The fraction of sp³-hybridized carbons (Fsp3) is 0.692. The van der Waals surface area contributed by atoms with Gasteiger partial charge >= 0.3 is 5.97 Å². The molecule has 1 aliphatic rings. The van der Waals surface area contributed by atoms with Crippen molar-refractivity contribution in [3.8, 4) is 0 Å². The molecule has 0 aromatic rings. The maximum Gasteiger partial charge on any atom is 0.316 e. The van der Waals surface area contributed by atoms with Crippen LogP contribution in [0.25, 0.3) is 0 Å². The molecule has 17 heavy (non-hydrogen) atoms. The predicted molar refractivity (Wildman–Crippen MR) is 63.7 cm³/mol. The summed E-state index contributed by atoms with van der Waals surface area (Å²) in [5.41, 5.74) is -2.01. The van der Waals surface area contributed by atoms with Gasteiger partial charge in [-0.2, -0.15) is 0 Å². The number of carbonyl (C=O) groups excluding carboxylic acids is 1. The number of hydrogen-bond acceptors (Lipinski definition) is 3. The van der Waals surface area contributed by atoms with Gasteiger partial charge in [-0.25, -0.2) is 0 Å². The molecule has 1 N–H and O–H groups in total. The van der Waals surface area contributed by atoms with Crippen molar-refractivity contribution in [2.45, 2.75) is 46.3 Å². The van der Waals surface area contributed by atoms with E-state index < -0.39 is 28.5 Å². The van der Waals surface area contributed by atoms with Gasteiger partial charge in [-0.15, -0.1) is 0 Å². The molecule has 0 aromatic carbocycles. The van der Waals surface area contributed by atoms with Crippen LogP contribution < -0.4 is 0 Å². The summed E-state index contributed by atoms with van der Waals surface area (Å²) in [5, 5.41) is 9.39. The van der Waals surface area contributed by atoms with Gasteiger partial charge in [0.25, 0.3) is 0 Å². The normalized spacial score (nSPS) is 31.5. The van der Waals surface area contributed by atoms with E-state index in [1.807, 2.05) is 34.6 Å². The number of aldehydes is 1. The third kappa shape index (κ3) is 2.14. The number of rotatable bonds is 4. The second kappa shape index (κ2) is 3.95. The van der Waals surface area contributed by atoms with Crippen LogP contribution in [0.3, 0.4) is 0 Å². The second-order valence-corrected chi connectivity index (χ2v) is 6.00. The first-order valence-electron chi connectivity index (χ1n) is 5.64. The minimum absolute atomic E-state index is 0.409. The highest BCUT2D eigenvalue weighted by Gasteiger charge is 2.76. The minimum atomic E-state index is -1.10. The molecule has 0 bridgehead atoms. The number of carboxylic acid groups (broad SMARTS) is 1. The van der Waals surface area contributed by atoms with Crippen molar-refractivity contribution in [2.75, 3.05) is 0 Å². The average Bonchev–Trinajstić information content (AvgIpc) is 2.58. The van der Waals surface area contributed by atoms with Gasteiger partial charge in [-0.05, 0) is 26.8 Å². The highest BCUT2D eigenvalue weighted by molar-refractivity contribution is 5.85. The van der Waals surface area contributed by atoms with Crippen LogP contribution in [0.2, 0.25) is 0 Å². The Kier molecular flexibility index (Phi) is 3.23. The number of hydrogen-bond donors (Lipinski definition) is 1. The van der Waals surface area contributed by atoms with Gasteiger partial charge in [0.1, 0.15) is 11.7 Å². The van der Waals surface area contributed by atoms with Crippen molar-refractivity contribution >= 4 is 12.3 Å². The Balaban J connectivity index is 3.05. The summed E-state index contributed by atoms with van der Waals surface area (Å²) >= 11 is 0. The Morgan fingerprint density at radius 1 is 1.35 bits per heavy atom. The molecule has 1 saturated carbocycles. The van der Waals surface area contributed by atoms with Gasteiger partial charge < -0.3 is 9.84 Å². The van der Waals surface area contributed by atoms with Gasteiger partial charge in [0.05, 0.1) is 11.7 Å². The molecule has 0 amide bonds. The highest BCUT2D eigenvalue weighted by Crippen LogP contribution is 2.67. The molecular formula is C13H20O4. The van der Waals surface area contributed by atoms with Gasteiger partial charge in [-0.3, -0.25) is 9.59 Å². The molecule has 0 spiro atoms. The summed E-state index contributed by atoms with van der Waals surface area (Å²) in [6.07, 6.45) is 2.86. The van der Waals surface area contributed by atoms with Crippen molar-refractivity contribution in [3.05, 3.63) is 12.2 Å². The molecule has 0 aromatic heterocycles. The summed E-state index contributed by atoms with van der Waals surface area (Å²) in [5.74, 6) is -0.949. The fourth-order valence-corrected chi connectivity index (χ4v) is 2.29. The first-order chi connectivity index (χ1) is 7.59. The van der Waals surface area contributed by atoms with Crippen LogP contribution in [0, 0.1) is 10.8 Å². The Hall–Kier alpha value is -1.16. The third-order valence-electron chi connectivity index (χ3n) is 3.31. The van der Waals surface area contributed by atoms with Crippen LogP contribution in [0.1, 0.15) is 34.6 Å². The zero-order valence-electron chi connectivity index (χ0n) is 11.0. The molecule has 1 aliphatic carbocycles. The van der Waals surface area contributed by atoms with E-state index in [-0.39, 0.29) is 0 Å². The SMILES string of the molecule is CC(C)(C)O[C@@H]1C(C)(C)[C@]1(/C=C\C=O)C(=O)O. The van der Waals surface area contributed by atoms with E-state index in [0.29, 0.717) is 6.29 Å². The van der Waals surface area contributed by atoms with E-state index in [1.54, 1.807) is 0 Å². The zero-order valence-corrected chi connectivity index (χ0v) is 11.0. The number of ether oxygens (including phenoxy) is 1. The van der Waals surface area contributed by atoms with E-state index in [9.17, 15) is 14.7 Å². The molecule has 0 saturated heterocycles. The van der Waals surface area contributed by atoms with Crippen molar-refractivity contribution in [2.24, 2.45) is 10.8 Å². The molecule has 4 nitrogen and oxygen atoms in total. The van der Waals surface area contributed by atoms with Crippen molar-refractivity contribution in [1.29, 1.82) is 0 Å². The molecule has 0 aliphatic heterocycles. The lowest BCUT2D eigenvalue weighted by Crippen LogP contribution is -2.26. The molecule has 96 valence electrons. The van der Waals surface area contributed by atoms with E-state index in [1.165, 1.54) is 12.2 Å². The number of carboxylic acids is 1. The molecule has 0 heterocycles. The molecule has 0 unspecified atom stereocenters. The quantitative estimate of drug-likeness (QED) is 0.603. The van der Waals surface area contributed by atoms with Crippen molar-refractivity contribution in [1.82, 2.24) is 0 Å². The minimum Gasteiger partial charge on any atom is -0.481 e. The van der Waals surface area contributed by atoms with Gasteiger partial charge in [0.15, 0.2) is 0 Å². The van der Waals surface area contributed by atoms with Crippen LogP contribution in [0.15, 0.2) is 12.2 Å². The summed E-state index contributed by atoms with van der Waals surface area (Å²) < 4.78 is 5.79. The lowest BCUT2D eigenvalue weighted by Gasteiger charge is -2.21. The molecule has 1 fully saturated rings. The average molecular weight is 240 g/mol. The maximum absolute atomic E-state index is 11.5. The monoisotopic (exact) mass is 240 g/mol. The number of carbonyl (C=O) groups is 2. The third-order valence-corrected chi connectivity index (χ3v) is 3.31. The van der Waals surface area contributed by atoms with Crippen LogP contribution in [-0.2, 0) is 14.3 Å².